The van der Waals surface area contributed by atoms with Crippen LogP contribution in [-0.2, 0) is 6.61 Å². The number of hydrazine groups is 1. The molecular weight excluding hydrogens is 228 g/mol. The summed E-state index contributed by atoms with van der Waals surface area (Å²) in [5, 5.41) is 0. The monoisotopic (exact) mass is 244 g/mol. The van der Waals surface area contributed by atoms with Crippen LogP contribution in [0.25, 0.3) is 0 Å². The van der Waals surface area contributed by atoms with Crippen LogP contribution in [0.15, 0.2) is 48.5 Å². The Morgan fingerprint density at radius 1 is 1.06 bits per heavy atom. The Hall–Kier alpha value is -2.20. The molecule has 0 aliphatic carbocycles. The van der Waals surface area contributed by atoms with Crippen LogP contribution in [0.5, 0.6) is 11.5 Å². The fourth-order valence-corrected chi connectivity index (χ4v) is 1.61. The summed E-state index contributed by atoms with van der Waals surface area (Å²) in [4.78, 5) is 0. The van der Waals surface area contributed by atoms with Crippen LogP contribution >= 0.6 is 0 Å². The summed E-state index contributed by atoms with van der Waals surface area (Å²) in [5.74, 6) is 6.69. The lowest BCUT2D eigenvalue weighted by Gasteiger charge is -2.12. The number of rotatable bonds is 5. The van der Waals surface area contributed by atoms with Gasteiger partial charge in [-0.25, -0.2) is 0 Å². The van der Waals surface area contributed by atoms with Crippen molar-refractivity contribution in [2.45, 2.75) is 6.61 Å². The molecule has 0 heterocycles. The van der Waals surface area contributed by atoms with E-state index in [4.69, 9.17) is 15.3 Å². The third kappa shape index (κ3) is 2.93. The van der Waals surface area contributed by atoms with Crippen molar-refractivity contribution in [3.05, 3.63) is 54.1 Å². The van der Waals surface area contributed by atoms with Crippen LogP contribution in [0.3, 0.4) is 0 Å². The number of hydrogen-bond donors (Lipinski definition) is 2. The predicted molar refractivity (Wildman–Crippen MR) is 71.6 cm³/mol. The molecule has 0 aromatic heterocycles. The molecule has 4 nitrogen and oxygen atoms in total. The normalized spacial score (nSPS) is 9.89. The Balaban J connectivity index is 2.09. The summed E-state index contributed by atoms with van der Waals surface area (Å²) < 4.78 is 11.0. The molecular formula is C14H16N2O2. The summed E-state index contributed by atoms with van der Waals surface area (Å²) >= 11 is 0. The molecule has 0 aliphatic heterocycles. The number of anilines is 1. The number of nitrogens with two attached hydrogens (primary N) is 1. The largest absolute Gasteiger partial charge is 0.493 e. The van der Waals surface area contributed by atoms with Gasteiger partial charge >= 0.3 is 0 Å². The highest BCUT2D eigenvalue weighted by Gasteiger charge is 2.05. The van der Waals surface area contributed by atoms with E-state index in [2.05, 4.69) is 5.43 Å². The first-order valence-corrected chi connectivity index (χ1v) is 5.65. The second-order valence-electron chi connectivity index (χ2n) is 3.78. The third-order valence-corrected chi connectivity index (χ3v) is 2.57. The van der Waals surface area contributed by atoms with Crippen molar-refractivity contribution in [1.29, 1.82) is 0 Å². The fourth-order valence-electron chi connectivity index (χ4n) is 1.61. The van der Waals surface area contributed by atoms with Crippen molar-refractivity contribution in [3.8, 4) is 11.5 Å². The molecule has 0 amide bonds. The maximum Gasteiger partial charge on any atom is 0.162 e. The molecule has 0 atom stereocenters. The van der Waals surface area contributed by atoms with Crippen molar-refractivity contribution in [2.75, 3.05) is 12.5 Å². The van der Waals surface area contributed by atoms with Gasteiger partial charge in [0, 0.05) is 6.07 Å². The maximum absolute atomic E-state index is 5.72. The zero-order valence-electron chi connectivity index (χ0n) is 10.2. The highest BCUT2D eigenvalue weighted by molar-refractivity contribution is 5.54. The van der Waals surface area contributed by atoms with E-state index in [-0.39, 0.29) is 0 Å². The van der Waals surface area contributed by atoms with Crippen LogP contribution in [0, 0.1) is 0 Å². The van der Waals surface area contributed by atoms with E-state index in [1.165, 1.54) is 0 Å². The third-order valence-electron chi connectivity index (χ3n) is 2.57. The van der Waals surface area contributed by atoms with Crippen molar-refractivity contribution < 1.29 is 9.47 Å². The molecule has 0 aliphatic rings. The summed E-state index contributed by atoms with van der Waals surface area (Å²) in [7, 11) is 1.60. The van der Waals surface area contributed by atoms with Crippen LogP contribution in [0.1, 0.15) is 5.56 Å². The second kappa shape index (κ2) is 5.93. The Labute approximate surface area is 106 Å². The molecule has 4 heteroatoms. The average molecular weight is 244 g/mol. The molecule has 3 N–H and O–H groups in total. The molecule has 0 unspecified atom stereocenters. The highest BCUT2D eigenvalue weighted by atomic mass is 16.5. The summed E-state index contributed by atoms with van der Waals surface area (Å²) in [6.07, 6.45) is 0. The standard InChI is InChI=1S/C14H16N2O2/c1-17-14-9-12(16-15)7-8-13(14)18-10-11-5-3-2-4-6-11/h2-9,16H,10,15H2,1H3. The van der Waals surface area contributed by atoms with Gasteiger partial charge < -0.3 is 14.9 Å². The van der Waals surface area contributed by atoms with E-state index in [1.54, 1.807) is 13.2 Å². The molecule has 0 fully saturated rings. The van der Waals surface area contributed by atoms with E-state index in [0.29, 0.717) is 18.1 Å². The molecule has 18 heavy (non-hydrogen) atoms. The number of benzene rings is 2. The Bertz CT molecular complexity index is 500. The Kier molecular flexibility index (Phi) is 4.04. The summed E-state index contributed by atoms with van der Waals surface area (Å²) in [6, 6.07) is 15.4. The molecule has 2 aromatic rings. The van der Waals surface area contributed by atoms with Crippen LogP contribution in [0.2, 0.25) is 0 Å². The lowest BCUT2D eigenvalue weighted by molar-refractivity contribution is 0.284. The van der Waals surface area contributed by atoms with Gasteiger partial charge in [0.1, 0.15) is 6.61 Å². The topological polar surface area (TPSA) is 56.5 Å². The molecule has 94 valence electrons. The van der Waals surface area contributed by atoms with Crippen LogP contribution in [-0.4, -0.2) is 7.11 Å². The minimum Gasteiger partial charge on any atom is -0.493 e. The van der Waals surface area contributed by atoms with E-state index >= 15 is 0 Å². The first-order chi connectivity index (χ1) is 8.83. The molecule has 2 aromatic carbocycles. The quantitative estimate of drug-likeness (QED) is 0.627. The van der Waals surface area contributed by atoms with Crippen molar-refractivity contribution in [3.63, 3.8) is 0 Å². The summed E-state index contributed by atoms with van der Waals surface area (Å²) in [6.45, 7) is 0.507. The highest BCUT2D eigenvalue weighted by Crippen LogP contribution is 2.30. The molecule has 0 saturated carbocycles. The van der Waals surface area contributed by atoms with Crippen LogP contribution < -0.4 is 20.7 Å². The first kappa shape index (κ1) is 12.3. The number of nitrogen functional groups attached to an aromatic ring is 1. The SMILES string of the molecule is COc1cc(NN)ccc1OCc1ccccc1. The number of methoxy groups -OCH3 is 1. The zero-order valence-corrected chi connectivity index (χ0v) is 10.2. The van der Waals surface area contributed by atoms with Crippen LogP contribution in [0.4, 0.5) is 5.69 Å². The van der Waals surface area contributed by atoms with Crippen molar-refractivity contribution in [2.24, 2.45) is 5.84 Å². The molecule has 0 saturated heterocycles. The maximum atomic E-state index is 5.72. The van der Waals surface area contributed by atoms with Gasteiger partial charge in [0.05, 0.1) is 12.8 Å². The van der Waals surface area contributed by atoms with E-state index in [9.17, 15) is 0 Å². The van der Waals surface area contributed by atoms with E-state index < -0.39 is 0 Å². The lowest BCUT2D eigenvalue weighted by Crippen LogP contribution is -2.07. The lowest BCUT2D eigenvalue weighted by atomic mass is 10.2. The van der Waals surface area contributed by atoms with Gasteiger partial charge in [-0.05, 0) is 17.7 Å². The van der Waals surface area contributed by atoms with Gasteiger partial charge in [0.25, 0.3) is 0 Å². The zero-order chi connectivity index (χ0) is 12.8. The summed E-state index contributed by atoms with van der Waals surface area (Å²) in [5.41, 5.74) is 4.46. The molecule has 2 rings (SSSR count). The number of hydrogen-bond acceptors (Lipinski definition) is 4. The molecule has 0 spiro atoms. The molecule has 0 radical (unpaired) electrons. The number of nitrogens with one attached hydrogen (secondary N) is 1. The predicted octanol–water partition coefficient (Wildman–Crippen LogP) is 2.56. The smallest absolute Gasteiger partial charge is 0.162 e. The minimum absolute atomic E-state index is 0.507. The van der Waals surface area contributed by atoms with Gasteiger partial charge in [-0.2, -0.15) is 0 Å². The Morgan fingerprint density at radius 3 is 2.50 bits per heavy atom. The van der Waals surface area contributed by atoms with Gasteiger partial charge in [-0.15, -0.1) is 0 Å². The Morgan fingerprint density at radius 2 is 1.83 bits per heavy atom. The number of ether oxygens (including phenoxy) is 2. The molecule has 0 bridgehead atoms. The van der Waals surface area contributed by atoms with Gasteiger partial charge in [-0.1, -0.05) is 30.3 Å². The van der Waals surface area contributed by atoms with Gasteiger partial charge in [-0.3, -0.25) is 5.84 Å². The first-order valence-electron chi connectivity index (χ1n) is 5.65. The minimum atomic E-state index is 0.507. The average Bonchev–Trinajstić information content (AvgIpc) is 2.46. The second-order valence-corrected chi connectivity index (χ2v) is 3.78. The van der Waals surface area contributed by atoms with Crippen molar-refractivity contribution in [1.82, 2.24) is 0 Å². The van der Waals surface area contributed by atoms with E-state index in [1.807, 2.05) is 42.5 Å². The van der Waals surface area contributed by atoms with Gasteiger partial charge in [0.15, 0.2) is 11.5 Å². The van der Waals surface area contributed by atoms with E-state index in [0.717, 1.165) is 11.3 Å². The van der Waals surface area contributed by atoms with Gasteiger partial charge in [0.2, 0.25) is 0 Å². The fraction of sp³-hybridized carbons (Fsp3) is 0.143. The van der Waals surface area contributed by atoms with Crippen molar-refractivity contribution >= 4 is 5.69 Å².